The van der Waals surface area contributed by atoms with Crippen molar-refractivity contribution < 1.29 is 8.83 Å². The number of nitrogens with zero attached hydrogens (tertiary/aromatic N) is 2. The first-order chi connectivity index (χ1) is 13.7. The Kier molecular flexibility index (Phi) is 3.30. The molecule has 6 rings (SSSR count). The van der Waals surface area contributed by atoms with Crippen LogP contribution < -0.4 is 0 Å². The number of thiophene rings is 2. The van der Waals surface area contributed by atoms with Crippen LogP contribution in [-0.4, -0.2) is 9.97 Å². The normalized spacial score (nSPS) is 11.9. The summed E-state index contributed by atoms with van der Waals surface area (Å²) >= 11 is 3.64. The molecule has 0 N–H and O–H groups in total. The zero-order valence-electron chi connectivity index (χ0n) is 15.1. The van der Waals surface area contributed by atoms with Crippen LogP contribution in [0.3, 0.4) is 0 Å². The standard InChI is InChI=1S/C22H14N2O2S2/c1-11-9-23-21(25-11)13-3-5-15-17(7-13)27-20-16-6-4-14(8-18(16)28-19(15)20)22-24-10-12(2)26-22/h3-10H,1-2H3. The van der Waals surface area contributed by atoms with Crippen LogP contribution in [0.2, 0.25) is 0 Å². The highest BCUT2D eigenvalue weighted by molar-refractivity contribution is 7.36. The third-order valence-electron chi connectivity index (χ3n) is 4.82. The fraction of sp³-hybridized carbons (Fsp3) is 0.0909. The molecule has 0 bridgehead atoms. The Hall–Kier alpha value is -2.96. The lowest BCUT2D eigenvalue weighted by Gasteiger charge is -1.97. The van der Waals surface area contributed by atoms with Crippen molar-refractivity contribution in [3.8, 4) is 22.9 Å². The van der Waals surface area contributed by atoms with Gasteiger partial charge in [-0.15, -0.1) is 22.7 Å². The van der Waals surface area contributed by atoms with Gasteiger partial charge < -0.3 is 8.83 Å². The Balaban J connectivity index is 1.52. The monoisotopic (exact) mass is 402 g/mol. The lowest BCUT2D eigenvalue weighted by molar-refractivity contribution is 0.542. The highest BCUT2D eigenvalue weighted by Gasteiger charge is 2.15. The predicted molar refractivity (Wildman–Crippen MR) is 115 cm³/mol. The van der Waals surface area contributed by atoms with E-state index in [9.17, 15) is 0 Å². The average Bonchev–Trinajstić information content (AvgIpc) is 3.44. The topological polar surface area (TPSA) is 52.1 Å². The molecule has 6 heteroatoms. The number of aromatic nitrogens is 2. The van der Waals surface area contributed by atoms with E-state index < -0.39 is 0 Å². The summed E-state index contributed by atoms with van der Waals surface area (Å²) in [7, 11) is 0. The first kappa shape index (κ1) is 16.0. The van der Waals surface area contributed by atoms with Gasteiger partial charge in [-0.25, -0.2) is 9.97 Å². The number of hydrogen-bond donors (Lipinski definition) is 0. The summed E-state index contributed by atoms with van der Waals surface area (Å²) in [6, 6.07) is 12.9. The molecule has 0 aliphatic rings. The van der Waals surface area contributed by atoms with E-state index in [0.717, 1.165) is 22.6 Å². The van der Waals surface area contributed by atoms with Crippen LogP contribution in [0.5, 0.6) is 0 Å². The molecule has 0 spiro atoms. The first-order valence-electron chi connectivity index (χ1n) is 8.90. The summed E-state index contributed by atoms with van der Waals surface area (Å²) in [5.74, 6) is 2.99. The number of aryl methyl sites for hydroxylation is 2. The summed E-state index contributed by atoms with van der Waals surface area (Å²) < 4.78 is 16.5. The molecule has 6 aromatic rings. The van der Waals surface area contributed by atoms with Crippen LogP contribution in [0, 0.1) is 13.8 Å². The summed E-state index contributed by atoms with van der Waals surface area (Å²) in [4.78, 5) is 8.70. The van der Waals surface area contributed by atoms with Gasteiger partial charge >= 0.3 is 0 Å². The molecule has 0 aliphatic heterocycles. The smallest absolute Gasteiger partial charge is 0.226 e. The van der Waals surface area contributed by atoms with Crippen LogP contribution in [-0.2, 0) is 0 Å². The average molecular weight is 403 g/mol. The molecular formula is C22H14N2O2S2. The van der Waals surface area contributed by atoms with E-state index in [0.29, 0.717) is 11.8 Å². The highest BCUT2D eigenvalue weighted by atomic mass is 32.1. The van der Waals surface area contributed by atoms with E-state index in [1.54, 1.807) is 12.4 Å². The van der Waals surface area contributed by atoms with Crippen molar-refractivity contribution in [1.82, 2.24) is 9.97 Å². The van der Waals surface area contributed by atoms with Crippen molar-refractivity contribution in [2.75, 3.05) is 0 Å². The summed E-state index contributed by atoms with van der Waals surface area (Å²) in [5.41, 5.74) is 2.03. The van der Waals surface area contributed by atoms with Gasteiger partial charge in [0.05, 0.1) is 21.8 Å². The minimum absolute atomic E-state index is 0.673. The van der Waals surface area contributed by atoms with Crippen LogP contribution in [0.15, 0.2) is 57.6 Å². The van der Waals surface area contributed by atoms with Gasteiger partial charge in [0.1, 0.15) is 11.5 Å². The molecule has 136 valence electrons. The molecule has 0 unspecified atom stereocenters. The SMILES string of the molecule is Cc1cnc(-c2ccc3c(c2)sc2c4ccc(-c5ncc(C)o5)cc4sc32)o1. The maximum atomic E-state index is 5.68. The van der Waals surface area contributed by atoms with Crippen LogP contribution >= 0.6 is 22.7 Å². The van der Waals surface area contributed by atoms with Gasteiger partial charge in [0.25, 0.3) is 0 Å². The minimum atomic E-state index is 0.673. The highest BCUT2D eigenvalue weighted by Crippen LogP contribution is 2.45. The Morgan fingerprint density at radius 1 is 0.679 bits per heavy atom. The quantitative estimate of drug-likeness (QED) is 0.307. The van der Waals surface area contributed by atoms with Crippen molar-refractivity contribution in [2.45, 2.75) is 13.8 Å². The number of benzene rings is 2. The van der Waals surface area contributed by atoms with E-state index in [1.807, 2.05) is 36.5 Å². The number of hydrogen-bond acceptors (Lipinski definition) is 6. The van der Waals surface area contributed by atoms with Gasteiger partial charge in [0.2, 0.25) is 11.8 Å². The zero-order valence-corrected chi connectivity index (χ0v) is 16.8. The largest absolute Gasteiger partial charge is 0.441 e. The van der Waals surface area contributed by atoms with Crippen LogP contribution in [0.4, 0.5) is 0 Å². The maximum Gasteiger partial charge on any atom is 0.226 e. The fourth-order valence-corrected chi connectivity index (χ4v) is 6.23. The van der Waals surface area contributed by atoms with Gasteiger partial charge in [0.15, 0.2) is 0 Å². The number of rotatable bonds is 2. The van der Waals surface area contributed by atoms with Crippen molar-refractivity contribution in [3.05, 3.63) is 60.3 Å². The van der Waals surface area contributed by atoms with Crippen LogP contribution in [0.1, 0.15) is 11.5 Å². The third-order valence-corrected chi connectivity index (χ3v) is 7.32. The number of fused-ring (bicyclic) bond motifs is 5. The fourth-order valence-electron chi connectivity index (χ4n) is 3.50. The molecule has 28 heavy (non-hydrogen) atoms. The molecule has 0 saturated heterocycles. The molecule has 0 fully saturated rings. The molecule has 4 aromatic heterocycles. The molecule has 0 saturated carbocycles. The van der Waals surface area contributed by atoms with E-state index in [4.69, 9.17) is 8.83 Å². The molecule has 0 radical (unpaired) electrons. The zero-order chi connectivity index (χ0) is 18.8. The predicted octanol–water partition coefficient (Wildman–Crippen LogP) is 7.20. The van der Waals surface area contributed by atoms with E-state index in [1.165, 1.54) is 29.6 Å². The molecule has 4 nitrogen and oxygen atoms in total. The molecule has 0 aliphatic carbocycles. The van der Waals surface area contributed by atoms with Crippen molar-refractivity contribution in [2.24, 2.45) is 0 Å². The summed E-state index contributed by atoms with van der Waals surface area (Å²) in [6.07, 6.45) is 3.51. The summed E-state index contributed by atoms with van der Waals surface area (Å²) in [6.45, 7) is 3.83. The second kappa shape index (κ2) is 5.77. The molecule has 0 amide bonds. The van der Waals surface area contributed by atoms with Gasteiger partial charge in [-0.05, 0) is 38.1 Å². The number of oxazole rings is 2. The maximum absolute atomic E-state index is 5.68. The van der Waals surface area contributed by atoms with E-state index >= 15 is 0 Å². The van der Waals surface area contributed by atoms with Crippen molar-refractivity contribution in [1.29, 1.82) is 0 Å². The first-order valence-corrected chi connectivity index (χ1v) is 10.5. The lowest BCUT2D eigenvalue weighted by atomic mass is 10.1. The van der Waals surface area contributed by atoms with Gasteiger partial charge in [-0.2, -0.15) is 0 Å². The second-order valence-electron chi connectivity index (χ2n) is 6.84. The van der Waals surface area contributed by atoms with E-state index in [2.05, 4.69) is 46.4 Å². The molecule has 0 atom stereocenters. The minimum Gasteiger partial charge on any atom is -0.441 e. The second-order valence-corrected chi connectivity index (χ2v) is 8.94. The van der Waals surface area contributed by atoms with E-state index in [-0.39, 0.29) is 0 Å². The van der Waals surface area contributed by atoms with Gasteiger partial charge in [0, 0.05) is 31.3 Å². The van der Waals surface area contributed by atoms with Gasteiger partial charge in [-0.3, -0.25) is 0 Å². The molecular weight excluding hydrogens is 388 g/mol. The van der Waals surface area contributed by atoms with Crippen LogP contribution in [0.25, 0.3) is 52.5 Å². The van der Waals surface area contributed by atoms with Gasteiger partial charge in [-0.1, -0.05) is 12.1 Å². The lowest BCUT2D eigenvalue weighted by Crippen LogP contribution is -1.75. The Labute approximate surface area is 168 Å². The Bertz CT molecular complexity index is 1390. The third kappa shape index (κ3) is 2.35. The summed E-state index contributed by atoms with van der Waals surface area (Å²) in [5, 5.41) is 2.56. The van der Waals surface area contributed by atoms with Crippen molar-refractivity contribution in [3.63, 3.8) is 0 Å². The van der Waals surface area contributed by atoms with Crippen molar-refractivity contribution >= 4 is 52.2 Å². The Morgan fingerprint density at radius 2 is 1.14 bits per heavy atom. The molecule has 2 aromatic carbocycles. The Morgan fingerprint density at radius 3 is 1.54 bits per heavy atom. The molecule has 4 heterocycles.